The highest BCUT2D eigenvalue weighted by atomic mass is 35.5. The van der Waals surface area contributed by atoms with Gasteiger partial charge in [0.25, 0.3) is 0 Å². The van der Waals surface area contributed by atoms with E-state index in [4.69, 9.17) is 21.1 Å². The van der Waals surface area contributed by atoms with Crippen LogP contribution in [0.25, 0.3) is 0 Å². The molecule has 25 heavy (non-hydrogen) atoms. The molecule has 2 amide bonds. The molecule has 130 valence electrons. The number of fused-ring (bicyclic) bond motifs is 1. The van der Waals surface area contributed by atoms with Gasteiger partial charge in [0.2, 0.25) is 11.8 Å². The van der Waals surface area contributed by atoms with E-state index in [1.165, 1.54) is 11.8 Å². The summed E-state index contributed by atoms with van der Waals surface area (Å²) in [6.45, 7) is 2.22. The number of para-hydroxylation sites is 1. The van der Waals surface area contributed by atoms with Crippen molar-refractivity contribution in [1.29, 1.82) is 0 Å². The molecular formula is C18H17ClN2O4. The van der Waals surface area contributed by atoms with Gasteiger partial charge in [-0.25, -0.2) is 0 Å². The molecule has 0 radical (unpaired) electrons. The zero-order valence-corrected chi connectivity index (χ0v) is 14.4. The minimum Gasteiger partial charge on any atom is -0.486 e. The number of carbonyl (C=O) groups is 2. The Morgan fingerprint density at radius 1 is 1.12 bits per heavy atom. The van der Waals surface area contributed by atoms with Gasteiger partial charge in [-0.3, -0.25) is 9.59 Å². The fourth-order valence-corrected chi connectivity index (χ4v) is 2.74. The van der Waals surface area contributed by atoms with Crippen molar-refractivity contribution in [2.24, 2.45) is 0 Å². The van der Waals surface area contributed by atoms with Crippen molar-refractivity contribution in [2.45, 2.75) is 6.92 Å². The molecule has 1 heterocycles. The van der Waals surface area contributed by atoms with Crippen LogP contribution in [0.1, 0.15) is 6.92 Å². The predicted molar refractivity (Wildman–Crippen MR) is 95.5 cm³/mol. The second-order valence-electron chi connectivity index (χ2n) is 5.46. The third kappa shape index (κ3) is 4.03. The molecule has 7 heteroatoms. The minimum atomic E-state index is -0.341. The van der Waals surface area contributed by atoms with Crippen LogP contribution in [-0.2, 0) is 9.59 Å². The average Bonchev–Trinajstić information content (AvgIpc) is 2.60. The summed E-state index contributed by atoms with van der Waals surface area (Å²) in [4.78, 5) is 25.6. The molecular weight excluding hydrogens is 344 g/mol. The molecule has 0 fully saturated rings. The predicted octanol–water partition coefficient (Wildman–Crippen LogP) is 3.10. The van der Waals surface area contributed by atoms with Gasteiger partial charge in [0.15, 0.2) is 11.5 Å². The molecule has 0 aromatic heterocycles. The first-order valence-electron chi connectivity index (χ1n) is 7.77. The van der Waals surface area contributed by atoms with Crippen molar-refractivity contribution in [2.75, 3.05) is 30.0 Å². The quantitative estimate of drug-likeness (QED) is 0.909. The lowest BCUT2D eigenvalue weighted by Gasteiger charge is -2.22. The lowest BCUT2D eigenvalue weighted by molar-refractivity contribution is -0.120. The number of benzene rings is 2. The van der Waals surface area contributed by atoms with Crippen molar-refractivity contribution < 1.29 is 19.1 Å². The molecule has 0 saturated carbocycles. The summed E-state index contributed by atoms with van der Waals surface area (Å²) in [6, 6.07) is 12.0. The Labute approximate surface area is 150 Å². The first-order chi connectivity index (χ1) is 12.0. The second-order valence-corrected chi connectivity index (χ2v) is 5.87. The Bertz CT molecular complexity index is 809. The largest absolute Gasteiger partial charge is 0.486 e. The molecule has 0 bridgehead atoms. The number of rotatable bonds is 4. The third-order valence-corrected chi connectivity index (χ3v) is 3.97. The number of nitrogens with one attached hydrogen (secondary N) is 1. The number of anilines is 2. The van der Waals surface area contributed by atoms with E-state index in [1.807, 2.05) is 0 Å². The van der Waals surface area contributed by atoms with Gasteiger partial charge in [-0.2, -0.15) is 0 Å². The van der Waals surface area contributed by atoms with Gasteiger partial charge in [0.05, 0.1) is 10.7 Å². The SMILES string of the molecule is CC(=O)N(CC(=O)Nc1ccc2c(c1)OCCO2)c1ccccc1Cl. The molecule has 1 aliphatic rings. The first-order valence-corrected chi connectivity index (χ1v) is 8.14. The molecule has 0 unspecified atom stereocenters. The van der Waals surface area contributed by atoms with Crippen LogP contribution in [-0.4, -0.2) is 31.6 Å². The van der Waals surface area contributed by atoms with Crippen LogP contribution in [0.15, 0.2) is 42.5 Å². The van der Waals surface area contributed by atoms with Gasteiger partial charge in [-0.15, -0.1) is 0 Å². The van der Waals surface area contributed by atoms with Crippen LogP contribution < -0.4 is 19.7 Å². The van der Waals surface area contributed by atoms with E-state index in [-0.39, 0.29) is 18.4 Å². The zero-order valence-electron chi connectivity index (χ0n) is 13.6. The molecule has 0 atom stereocenters. The van der Waals surface area contributed by atoms with Crippen LogP contribution in [0.3, 0.4) is 0 Å². The molecule has 0 aliphatic carbocycles. The maximum Gasteiger partial charge on any atom is 0.244 e. The summed E-state index contributed by atoms with van der Waals surface area (Å²) >= 11 is 6.13. The Hall–Kier alpha value is -2.73. The fourth-order valence-electron chi connectivity index (χ4n) is 2.50. The standard InChI is InChI=1S/C18H17ClN2O4/c1-12(22)21(15-5-3-2-4-14(15)19)11-18(23)20-13-6-7-16-17(10-13)25-9-8-24-16/h2-7,10H,8-9,11H2,1H3,(H,20,23). The Morgan fingerprint density at radius 3 is 2.56 bits per heavy atom. The summed E-state index contributed by atoms with van der Waals surface area (Å²) < 4.78 is 10.9. The number of carbonyl (C=O) groups excluding carboxylic acids is 2. The molecule has 0 spiro atoms. The average molecular weight is 361 g/mol. The van der Waals surface area contributed by atoms with E-state index >= 15 is 0 Å². The molecule has 3 rings (SSSR count). The Balaban J connectivity index is 1.72. The van der Waals surface area contributed by atoms with Gasteiger partial charge in [-0.1, -0.05) is 23.7 Å². The van der Waals surface area contributed by atoms with Crippen LogP contribution in [0, 0.1) is 0 Å². The minimum absolute atomic E-state index is 0.145. The van der Waals surface area contributed by atoms with Crippen LogP contribution >= 0.6 is 11.6 Å². The molecule has 1 N–H and O–H groups in total. The molecule has 2 aromatic carbocycles. The van der Waals surface area contributed by atoms with E-state index in [2.05, 4.69) is 5.32 Å². The van der Waals surface area contributed by atoms with E-state index in [1.54, 1.807) is 42.5 Å². The highest BCUT2D eigenvalue weighted by molar-refractivity contribution is 6.33. The summed E-state index contributed by atoms with van der Waals surface area (Å²) in [6.07, 6.45) is 0. The highest BCUT2D eigenvalue weighted by Crippen LogP contribution is 2.32. The van der Waals surface area contributed by atoms with Crippen LogP contribution in [0.4, 0.5) is 11.4 Å². The monoisotopic (exact) mass is 360 g/mol. The van der Waals surface area contributed by atoms with E-state index < -0.39 is 0 Å². The Morgan fingerprint density at radius 2 is 1.84 bits per heavy atom. The number of amides is 2. The number of nitrogens with zero attached hydrogens (tertiary/aromatic N) is 1. The number of halogens is 1. The van der Waals surface area contributed by atoms with Crippen LogP contribution in [0.5, 0.6) is 11.5 Å². The molecule has 1 aliphatic heterocycles. The summed E-state index contributed by atoms with van der Waals surface area (Å²) in [7, 11) is 0. The fraction of sp³-hybridized carbons (Fsp3) is 0.222. The first kappa shape index (κ1) is 17.1. The van der Waals surface area contributed by atoms with Crippen molar-refractivity contribution in [1.82, 2.24) is 0 Å². The lowest BCUT2D eigenvalue weighted by atomic mass is 10.2. The summed E-state index contributed by atoms with van der Waals surface area (Å²) in [5.74, 6) is 0.612. The summed E-state index contributed by atoms with van der Waals surface area (Å²) in [5, 5.41) is 3.16. The number of ether oxygens (including phenoxy) is 2. The number of hydrogen-bond donors (Lipinski definition) is 1. The molecule has 6 nitrogen and oxygen atoms in total. The second kappa shape index (κ2) is 7.44. The zero-order chi connectivity index (χ0) is 17.8. The normalized spacial score (nSPS) is 12.4. The van der Waals surface area contributed by atoms with Gasteiger partial charge >= 0.3 is 0 Å². The van der Waals surface area contributed by atoms with Crippen molar-refractivity contribution in [3.05, 3.63) is 47.5 Å². The number of hydrogen-bond acceptors (Lipinski definition) is 4. The summed E-state index contributed by atoms with van der Waals surface area (Å²) in [5.41, 5.74) is 1.06. The highest BCUT2D eigenvalue weighted by Gasteiger charge is 2.19. The van der Waals surface area contributed by atoms with E-state index in [9.17, 15) is 9.59 Å². The molecule has 2 aromatic rings. The van der Waals surface area contributed by atoms with Crippen LogP contribution in [0.2, 0.25) is 5.02 Å². The lowest BCUT2D eigenvalue weighted by Crippen LogP contribution is -2.36. The Kier molecular flexibility index (Phi) is 5.09. The van der Waals surface area contributed by atoms with Gasteiger partial charge in [0, 0.05) is 18.7 Å². The maximum atomic E-state index is 12.4. The van der Waals surface area contributed by atoms with Crippen molar-refractivity contribution in [3.63, 3.8) is 0 Å². The smallest absolute Gasteiger partial charge is 0.244 e. The molecule has 0 saturated heterocycles. The van der Waals surface area contributed by atoms with Crippen molar-refractivity contribution in [3.8, 4) is 11.5 Å². The maximum absolute atomic E-state index is 12.4. The topological polar surface area (TPSA) is 67.9 Å². The van der Waals surface area contributed by atoms with Gasteiger partial charge < -0.3 is 19.7 Å². The van der Waals surface area contributed by atoms with E-state index in [0.29, 0.717) is 41.1 Å². The third-order valence-electron chi connectivity index (χ3n) is 3.65. The van der Waals surface area contributed by atoms with E-state index in [0.717, 1.165) is 0 Å². The van der Waals surface area contributed by atoms with Gasteiger partial charge in [0.1, 0.15) is 19.8 Å². The van der Waals surface area contributed by atoms with Crippen molar-refractivity contribution >= 4 is 34.8 Å². The van der Waals surface area contributed by atoms with Gasteiger partial charge in [-0.05, 0) is 24.3 Å².